The average Bonchev–Trinajstić information content (AvgIpc) is 3.13. The van der Waals surface area contributed by atoms with Crippen LogP contribution >= 0.6 is 11.3 Å². The zero-order valence-electron chi connectivity index (χ0n) is 10.5. The molecular formula is C14H13FN2O2S. The van der Waals surface area contributed by atoms with E-state index in [1.807, 2.05) is 5.38 Å². The fourth-order valence-electron chi connectivity index (χ4n) is 2.11. The summed E-state index contributed by atoms with van der Waals surface area (Å²) < 4.78 is 13.2. The Hall–Kier alpha value is -1.95. The van der Waals surface area contributed by atoms with Crippen molar-refractivity contribution in [1.82, 2.24) is 10.3 Å². The fraction of sp³-hybridized carbons (Fsp3) is 0.286. The Balaban J connectivity index is 1.82. The van der Waals surface area contributed by atoms with Gasteiger partial charge in [-0.15, -0.1) is 11.3 Å². The van der Waals surface area contributed by atoms with Crippen molar-refractivity contribution in [2.75, 3.05) is 0 Å². The minimum absolute atomic E-state index is 0.0489. The Morgan fingerprint density at radius 2 is 2.30 bits per heavy atom. The van der Waals surface area contributed by atoms with Crippen molar-refractivity contribution in [3.05, 3.63) is 46.2 Å². The van der Waals surface area contributed by atoms with E-state index in [0.29, 0.717) is 5.92 Å². The maximum Gasteiger partial charge on any atom is 0.255 e. The molecule has 1 saturated carbocycles. The molecule has 1 aliphatic rings. The number of benzene rings is 1. The summed E-state index contributed by atoms with van der Waals surface area (Å²) in [6.45, 7) is 0. The highest BCUT2D eigenvalue weighted by Crippen LogP contribution is 2.41. The summed E-state index contributed by atoms with van der Waals surface area (Å²) in [5.41, 5.74) is -0.0489. The molecule has 104 valence electrons. The Morgan fingerprint density at radius 1 is 1.50 bits per heavy atom. The number of phenols is 1. The van der Waals surface area contributed by atoms with Gasteiger partial charge in [0.2, 0.25) is 0 Å². The lowest BCUT2D eigenvalue weighted by molar-refractivity contribution is 0.0928. The van der Waals surface area contributed by atoms with Crippen molar-refractivity contribution in [2.45, 2.75) is 18.9 Å². The summed E-state index contributed by atoms with van der Waals surface area (Å²) in [5.74, 6) is -0.877. The third-order valence-corrected chi connectivity index (χ3v) is 4.16. The molecule has 2 aromatic rings. The van der Waals surface area contributed by atoms with Gasteiger partial charge in [-0.05, 0) is 37.0 Å². The zero-order valence-corrected chi connectivity index (χ0v) is 11.4. The maximum atomic E-state index is 13.2. The van der Waals surface area contributed by atoms with Crippen LogP contribution in [0.25, 0.3) is 0 Å². The predicted molar refractivity (Wildman–Crippen MR) is 73.1 cm³/mol. The topological polar surface area (TPSA) is 62.2 Å². The number of nitrogens with one attached hydrogen (secondary N) is 1. The lowest BCUT2D eigenvalue weighted by Gasteiger charge is -2.16. The second-order valence-corrected chi connectivity index (χ2v) is 5.75. The minimum atomic E-state index is -0.551. The van der Waals surface area contributed by atoms with E-state index in [4.69, 9.17) is 0 Å². The molecule has 1 aliphatic carbocycles. The summed E-state index contributed by atoms with van der Waals surface area (Å²) in [7, 11) is 0. The number of hydrogen-bond donors (Lipinski definition) is 2. The van der Waals surface area contributed by atoms with Gasteiger partial charge in [0.25, 0.3) is 5.91 Å². The Bertz CT molecular complexity index is 626. The van der Waals surface area contributed by atoms with E-state index in [-0.39, 0.29) is 17.4 Å². The van der Waals surface area contributed by atoms with Crippen molar-refractivity contribution in [2.24, 2.45) is 5.92 Å². The number of phenolic OH excluding ortho intramolecular Hbond substituents is 1. The minimum Gasteiger partial charge on any atom is -0.507 e. The van der Waals surface area contributed by atoms with Crippen LogP contribution < -0.4 is 5.32 Å². The molecule has 0 saturated heterocycles. The van der Waals surface area contributed by atoms with E-state index in [1.165, 1.54) is 17.4 Å². The largest absolute Gasteiger partial charge is 0.507 e. The number of carbonyl (C=O) groups excluding carboxylic acids is 1. The quantitative estimate of drug-likeness (QED) is 0.911. The molecule has 20 heavy (non-hydrogen) atoms. The fourth-order valence-corrected chi connectivity index (χ4v) is 2.89. The number of thiazole rings is 1. The zero-order chi connectivity index (χ0) is 14.1. The average molecular weight is 292 g/mol. The normalized spacial score (nSPS) is 15.8. The number of amides is 1. The lowest BCUT2D eigenvalue weighted by atomic mass is 10.1. The molecule has 0 aliphatic heterocycles. The number of halogens is 1. The number of aromatic hydroxyl groups is 1. The van der Waals surface area contributed by atoms with E-state index in [1.54, 1.807) is 6.20 Å². The predicted octanol–water partition coefficient (Wildman–Crippen LogP) is 2.87. The molecule has 0 bridgehead atoms. The van der Waals surface area contributed by atoms with Gasteiger partial charge in [0.1, 0.15) is 16.6 Å². The molecule has 1 aromatic heterocycles. The number of nitrogens with zero attached hydrogens (tertiary/aromatic N) is 1. The maximum absolute atomic E-state index is 13.2. The molecule has 3 rings (SSSR count). The summed E-state index contributed by atoms with van der Waals surface area (Å²) >= 11 is 1.48. The molecule has 0 radical (unpaired) electrons. The third kappa shape index (κ3) is 2.65. The van der Waals surface area contributed by atoms with Crippen molar-refractivity contribution in [1.29, 1.82) is 0 Å². The van der Waals surface area contributed by atoms with Gasteiger partial charge in [0.05, 0.1) is 11.6 Å². The van der Waals surface area contributed by atoms with E-state index in [9.17, 15) is 14.3 Å². The van der Waals surface area contributed by atoms with Crippen LogP contribution in [0.5, 0.6) is 5.75 Å². The molecule has 4 nitrogen and oxygen atoms in total. The SMILES string of the molecule is O=C(N[C@@H](c1nccs1)C1CC1)c1cc(F)ccc1O. The van der Waals surface area contributed by atoms with Crippen LogP contribution in [0.2, 0.25) is 0 Å². The van der Waals surface area contributed by atoms with Gasteiger partial charge in [0.15, 0.2) is 0 Å². The smallest absolute Gasteiger partial charge is 0.255 e. The second-order valence-electron chi connectivity index (χ2n) is 4.82. The van der Waals surface area contributed by atoms with Gasteiger partial charge < -0.3 is 10.4 Å². The molecule has 0 unspecified atom stereocenters. The molecule has 1 heterocycles. The number of hydrogen-bond acceptors (Lipinski definition) is 4. The summed E-state index contributed by atoms with van der Waals surface area (Å²) in [5, 5.41) is 15.2. The molecule has 2 N–H and O–H groups in total. The number of aromatic nitrogens is 1. The molecule has 1 atom stereocenters. The van der Waals surface area contributed by atoms with Crippen LogP contribution in [0.15, 0.2) is 29.8 Å². The van der Waals surface area contributed by atoms with E-state index in [2.05, 4.69) is 10.3 Å². The van der Waals surface area contributed by atoms with Crippen LogP contribution in [-0.2, 0) is 0 Å². The Labute approximate surface area is 119 Å². The van der Waals surface area contributed by atoms with E-state index in [0.717, 1.165) is 30.0 Å². The number of rotatable bonds is 4. The summed E-state index contributed by atoms with van der Waals surface area (Å²) in [6, 6.07) is 3.17. The van der Waals surface area contributed by atoms with Crippen molar-refractivity contribution < 1.29 is 14.3 Å². The highest BCUT2D eigenvalue weighted by Gasteiger charge is 2.35. The molecule has 1 aromatic carbocycles. The first kappa shape index (κ1) is 13.1. The molecule has 1 amide bonds. The van der Waals surface area contributed by atoms with Gasteiger partial charge in [0, 0.05) is 11.6 Å². The van der Waals surface area contributed by atoms with Crippen LogP contribution in [0.4, 0.5) is 4.39 Å². The Kier molecular flexibility index (Phi) is 3.40. The van der Waals surface area contributed by atoms with Crippen LogP contribution in [-0.4, -0.2) is 16.0 Å². The van der Waals surface area contributed by atoms with Crippen LogP contribution in [0.1, 0.15) is 34.2 Å². The van der Waals surface area contributed by atoms with Crippen LogP contribution in [0, 0.1) is 11.7 Å². The standard InChI is InChI=1S/C14H13FN2O2S/c15-9-3-4-11(18)10(7-9)13(19)17-12(8-1-2-8)14-16-5-6-20-14/h3-8,12,18H,1-2H2,(H,17,19)/t12-/m1/s1. The van der Waals surface area contributed by atoms with E-state index < -0.39 is 11.7 Å². The van der Waals surface area contributed by atoms with Gasteiger partial charge in [-0.2, -0.15) is 0 Å². The van der Waals surface area contributed by atoms with Crippen LogP contribution in [0.3, 0.4) is 0 Å². The van der Waals surface area contributed by atoms with Gasteiger partial charge in [-0.3, -0.25) is 4.79 Å². The monoisotopic (exact) mass is 292 g/mol. The molecule has 0 spiro atoms. The van der Waals surface area contributed by atoms with Crippen molar-refractivity contribution in [3.8, 4) is 5.75 Å². The molecule has 1 fully saturated rings. The first-order chi connectivity index (χ1) is 9.65. The lowest BCUT2D eigenvalue weighted by Crippen LogP contribution is -2.30. The van der Waals surface area contributed by atoms with Crippen molar-refractivity contribution >= 4 is 17.2 Å². The third-order valence-electron chi connectivity index (χ3n) is 3.30. The number of carbonyl (C=O) groups is 1. The second kappa shape index (κ2) is 5.20. The molecule has 6 heteroatoms. The van der Waals surface area contributed by atoms with E-state index >= 15 is 0 Å². The highest BCUT2D eigenvalue weighted by molar-refractivity contribution is 7.09. The summed E-state index contributed by atoms with van der Waals surface area (Å²) in [4.78, 5) is 16.4. The molecular weight excluding hydrogens is 279 g/mol. The van der Waals surface area contributed by atoms with Gasteiger partial charge in [-0.25, -0.2) is 9.37 Å². The highest BCUT2D eigenvalue weighted by atomic mass is 32.1. The first-order valence-electron chi connectivity index (χ1n) is 6.34. The van der Waals surface area contributed by atoms with Gasteiger partial charge >= 0.3 is 0 Å². The van der Waals surface area contributed by atoms with Gasteiger partial charge in [-0.1, -0.05) is 0 Å². The summed E-state index contributed by atoms with van der Waals surface area (Å²) in [6.07, 6.45) is 3.78. The van der Waals surface area contributed by atoms with Crippen molar-refractivity contribution in [3.63, 3.8) is 0 Å². The Morgan fingerprint density at radius 3 is 2.95 bits per heavy atom. The first-order valence-corrected chi connectivity index (χ1v) is 7.22.